The number of urea groups is 1. The average molecular weight is 407 g/mol. The zero-order valence-corrected chi connectivity index (χ0v) is 17.1. The molecule has 0 aliphatic carbocycles. The van der Waals surface area contributed by atoms with Crippen LogP contribution in [0.3, 0.4) is 0 Å². The van der Waals surface area contributed by atoms with Crippen molar-refractivity contribution in [2.75, 3.05) is 13.1 Å². The summed E-state index contributed by atoms with van der Waals surface area (Å²) in [5.74, 6) is -0.204. The molecule has 1 aliphatic rings. The Kier molecular flexibility index (Phi) is 5.40. The largest absolute Gasteiger partial charge is 0.336 e. The van der Waals surface area contributed by atoms with E-state index in [1.807, 2.05) is 43.5 Å². The van der Waals surface area contributed by atoms with Gasteiger partial charge in [-0.3, -0.25) is 14.3 Å². The number of amides is 3. The number of imide groups is 1. The van der Waals surface area contributed by atoms with E-state index in [0.717, 1.165) is 16.9 Å². The molecule has 0 bridgehead atoms. The lowest BCUT2D eigenvalue weighted by Gasteiger charge is -2.18. The Bertz CT molecular complexity index is 1030. The molecule has 1 atom stereocenters. The summed E-state index contributed by atoms with van der Waals surface area (Å²) in [6.07, 6.45) is 1.83. The number of nitrogens with one attached hydrogen (secondary N) is 1. The number of hydrogen-bond acceptors (Lipinski definition) is 4. The molecular formula is C22H22N4O2S. The number of carbonyl (C=O) groups excluding carboxylic acids is 2. The summed E-state index contributed by atoms with van der Waals surface area (Å²) >= 11 is 1.36. The van der Waals surface area contributed by atoms with Crippen LogP contribution in [0.1, 0.15) is 12.5 Å². The Morgan fingerprint density at radius 1 is 1.14 bits per heavy atom. The second-order valence-corrected chi connectivity index (χ2v) is 8.25. The van der Waals surface area contributed by atoms with Crippen molar-refractivity contribution in [3.8, 4) is 16.9 Å². The molecule has 0 saturated carbocycles. The van der Waals surface area contributed by atoms with Crippen molar-refractivity contribution >= 4 is 23.7 Å². The molecule has 1 N–H and O–H groups in total. The molecule has 3 amide bonds. The maximum absolute atomic E-state index is 12.7. The lowest BCUT2D eigenvalue weighted by molar-refractivity contribution is -0.126. The van der Waals surface area contributed by atoms with Crippen LogP contribution in [0, 0.1) is 6.92 Å². The van der Waals surface area contributed by atoms with Crippen LogP contribution in [0.15, 0.2) is 66.0 Å². The van der Waals surface area contributed by atoms with E-state index >= 15 is 0 Å². The first-order chi connectivity index (χ1) is 14.0. The second-order valence-electron chi connectivity index (χ2n) is 6.94. The van der Waals surface area contributed by atoms with Gasteiger partial charge in [0.2, 0.25) is 5.91 Å². The van der Waals surface area contributed by atoms with E-state index in [1.54, 1.807) is 0 Å². The third-order valence-corrected chi connectivity index (χ3v) is 5.90. The van der Waals surface area contributed by atoms with Gasteiger partial charge in [0.05, 0.1) is 17.1 Å². The van der Waals surface area contributed by atoms with E-state index in [-0.39, 0.29) is 11.9 Å². The highest BCUT2D eigenvalue weighted by Gasteiger charge is 2.31. The predicted octanol–water partition coefficient (Wildman–Crippen LogP) is 3.88. The Morgan fingerprint density at radius 2 is 1.86 bits per heavy atom. The Labute approximate surface area is 173 Å². The minimum Gasteiger partial charge on any atom is -0.336 e. The first-order valence-corrected chi connectivity index (χ1v) is 10.4. The summed E-state index contributed by atoms with van der Waals surface area (Å²) in [5, 5.41) is 2.95. The molecule has 29 heavy (non-hydrogen) atoms. The second kappa shape index (κ2) is 8.13. The third-order valence-electron chi connectivity index (χ3n) is 4.84. The SMILES string of the molecule is Cc1ccc(-c2cnc(S[C@@H](C)C(=O)N3CCNC3=O)n2-c2ccccc2)cc1. The van der Waals surface area contributed by atoms with E-state index in [4.69, 9.17) is 0 Å². The van der Waals surface area contributed by atoms with E-state index in [9.17, 15) is 9.59 Å². The van der Waals surface area contributed by atoms with E-state index < -0.39 is 5.25 Å². The van der Waals surface area contributed by atoms with Crippen molar-refractivity contribution in [2.24, 2.45) is 0 Å². The highest BCUT2D eigenvalue weighted by molar-refractivity contribution is 8.00. The summed E-state index contributed by atoms with van der Waals surface area (Å²) in [7, 11) is 0. The van der Waals surface area contributed by atoms with Gasteiger partial charge in [0, 0.05) is 24.3 Å². The minimum atomic E-state index is -0.436. The van der Waals surface area contributed by atoms with Crippen molar-refractivity contribution in [2.45, 2.75) is 24.3 Å². The average Bonchev–Trinajstić information content (AvgIpc) is 3.35. The summed E-state index contributed by atoms with van der Waals surface area (Å²) in [6.45, 7) is 4.78. The molecule has 148 valence electrons. The van der Waals surface area contributed by atoms with Gasteiger partial charge in [0.25, 0.3) is 0 Å². The van der Waals surface area contributed by atoms with Crippen molar-refractivity contribution < 1.29 is 9.59 Å². The molecule has 1 saturated heterocycles. The number of hydrogen-bond donors (Lipinski definition) is 1. The first kappa shape index (κ1) is 19.3. The van der Waals surface area contributed by atoms with Crippen molar-refractivity contribution in [1.82, 2.24) is 19.8 Å². The van der Waals surface area contributed by atoms with Gasteiger partial charge < -0.3 is 5.32 Å². The molecule has 2 heterocycles. The van der Waals surface area contributed by atoms with Gasteiger partial charge in [0.1, 0.15) is 0 Å². The maximum Gasteiger partial charge on any atom is 0.324 e. The highest BCUT2D eigenvalue weighted by atomic mass is 32.2. The number of rotatable bonds is 5. The highest BCUT2D eigenvalue weighted by Crippen LogP contribution is 2.32. The van der Waals surface area contributed by atoms with Crippen molar-refractivity contribution in [3.63, 3.8) is 0 Å². The molecule has 7 heteroatoms. The van der Waals surface area contributed by atoms with Gasteiger partial charge >= 0.3 is 6.03 Å². The molecule has 1 aliphatic heterocycles. The lowest BCUT2D eigenvalue weighted by atomic mass is 10.1. The van der Waals surface area contributed by atoms with E-state index in [2.05, 4.69) is 46.1 Å². The standard InChI is InChI=1S/C22H22N4O2S/c1-15-8-10-17(11-9-15)19-14-24-22(26(19)18-6-4-3-5-7-18)29-16(2)20(27)25-13-12-23-21(25)28/h3-11,14,16H,12-13H2,1-2H3,(H,23,28)/t16-/m0/s1. The first-order valence-electron chi connectivity index (χ1n) is 9.50. The lowest BCUT2D eigenvalue weighted by Crippen LogP contribution is -2.39. The van der Waals surface area contributed by atoms with Gasteiger partial charge in [-0.2, -0.15) is 0 Å². The number of aromatic nitrogens is 2. The van der Waals surface area contributed by atoms with Crippen LogP contribution in [0.4, 0.5) is 4.79 Å². The predicted molar refractivity (Wildman–Crippen MR) is 114 cm³/mol. The molecule has 1 fully saturated rings. The van der Waals surface area contributed by atoms with Crippen LogP contribution in [-0.2, 0) is 4.79 Å². The summed E-state index contributed by atoms with van der Waals surface area (Å²) in [4.78, 5) is 30.5. The number of aryl methyl sites for hydroxylation is 1. The molecular weight excluding hydrogens is 384 g/mol. The van der Waals surface area contributed by atoms with Gasteiger partial charge in [-0.05, 0) is 26.0 Å². The fraction of sp³-hybridized carbons (Fsp3) is 0.227. The minimum absolute atomic E-state index is 0.204. The fourth-order valence-electron chi connectivity index (χ4n) is 3.28. The molecule has 3 aromatic rings. The van der Waals surface area contributed by atoms with Crippen LogP contribution in [0.25, 0.3) is 16.9 Å². The van der Waals surface area contributed by atoms with Gasteiger partial charge in [-0.15, -0.1) is 0 Å². The topological polar surface area (TPSA) is 67.2 Å². The number of para-hydroxylation sites is 1. The van der Waals surface area contributed by atoms with Crippen LogP contribution in [0.2, 0.25) is 0 Å². The smallest absolute Gasteiger partial charge is 0.324 e. The summed E-state index contributed by atoms with van der Waals surface area (Å²) < 4.78 is 2.06. The zero-order valence-electron chi connectivity index (χ0n) is 16.3. The van der Waals surface area contributed by atoms with E-state index in [1.165, 1.54) is 22.2 Å². The molecule has 0 unspecified atom stereocenters. The number of nitrogens with zero attached hydrogens (tertiary/aromatic N) is 3. The van der Waals surface area contributed by atoms with Crippen LogP contribution in [-0.4, -0.2) is 44.7 Å². The zero-order chi connectivity index (χ0) is 20.4. The fourth-order valence-corrected chi connectivity index (χ4v) is 4.25. The Balaban J connectivity index is 1.69. The summed E-state index contributed by atoms with van der Waals surface area (Å²) in [6, 6.07) is 17.9. The van der Waals surface area contributed by atoms with Gasteiger partial charge in [0.15, 0.2) is 5.16 Å². The van der Waals surface area contributed by atoms with Crippen LogP contribution < -0.4 is 5.32 Å². The molecule has 2 aromatic carbocycles. The Hall–Kier alpha value is -3.06. The van der Waals surface area contributed by atoms with E-state index in [0.29, 0.717) is 18.2 Å². The quantitative estimate of drug-likeness (QED) is 0.653. The number of thioether (sulfide) groups is 1. The molecule has 0 spiro atoms. The molecule has 4 rings (SSSR count). The molecule has 1 aromatic heterocycles. The van der Waals surface area contributed by atoms with Gasteiger partial charge in [-0.25, -0.2) is 9.78 Å². The van der Waals surface area contributed by atoms with Crippen LogP contribution in [0.5, 0.6) is 0 Å². The number of imidazole rings is 1. The third kappa shape index (κ3) is 3.91. The van der Waals surface area contributed by atoms with Crippen molar-refractivity contribution in [1.29, 1.82) is 0 Å². The molecule has 6 nitrogen and oxygen atoms in total. The molecule has 0 radical (unpaired) electrons. The van der Waals surface area contributed by atoms with Crippen LogP contribution >= 0.6 is 11.8 Å². The monoisotopic (exact) mass is 406 g/mol. The normalized spacial score (nSPS) is 14.7. The van der Waals surface area contributed by atoms with Gasteiger partial charge in [-0.1, -0.05) is 59.8 Å². The summed E-state index contributed by atoms with van der Waals surface area (Å²) in [5.41, 5.74) is 4.17. The number of benzene rings is 2. The number of carbonyl (C=O) groups is 2. The Morgan fingerprint density at radius 3 is 2.52 bits per heavy atom. The van der Waals surface area contributed by atoms with Crippen molar-refractivity contribution in [3.05, 3.63) is 66.4 Å². The maximum atomic E-state index is 12.7.